The lowest BCUT2D eigenvalue weighted by molar-refractivity contribution is 0.159. The molecule has 0 saturated heterocycles. The van der Waals surface area contributed by atoms with Gasteiger partial charge in [-0.25, -0.2) is 4.39 Å². The number of nitrogens with two attached hydrogens (primary N) is 1. The quantitative estimate of drug-likeness (QED) is 0.823. The van der Waals surface area contributed by atoms with E-state index in [1.807, 2.05) is 25.1 Å². The molecular weight excluding hydrogens is 213 g/mol. The van der Waals surface area contributed by atoms with Crippen LogP contribution in [0.25, 0.3) is 0 Å². The highest BCUT2D eigenvalue weighted by Gasteiger charge is 2.30. The van der Waals surface area contributed by atoms with Crippen molar-refractivity contribution in [3.63, 3.8) is 0 Å². The van der Waals surface area contributed by atoms with Crippen LogP contribution in [0.1, 0.15) is 56.1 Å². The molecule has 1 fully saturated rings. The molecule has 2 N–H and O–H groups in total. The second-order valence-corrected chi connectivity index (χ2v) is 5.17. The van der Waals surface area contributed by atoms with Crippen molar-refractivity contribution in [2.75, 3.05) is 6.54 Å². The van der Waals surface area contributed by atoms with E-state index in [9.17, 15) is 4.39 Å². The van der Waals surface area contributed by atoms with E-state index < -0.39 is 5.67 Å². The molecule has 0 aliphatic heterocycles. The molecule has 2 heteroatoms. The van der Waals surface area contributed by atoms with Crippen molar-refractivity contribution in [1.29, 1.82) is 0 Å². The van der Waals surface area contributed by atoms with Crippen LogP contribution < -0.4 is 5.73 Å². The number of alkyl halides is 1. The number of hydrogen-bond acceptors (Lipinski definition) is 1. The zero-order valence-corrected chi connectivity index (χ0v) is 10.6. The van der Waals surface area contributed by atoms with E-state index in [0.29, 0.717) is 12.3 Å². The Labute approximate surface area is 103 Å². The van der Waals surface area contributed by atoms with Crippen LogP contribution in [0.15, 0.2) is 24.3 Å². The van der Waals surface area contributed by atoms with Crippen LogP contribution >= 0.6 is 0 Å². The van der Waals surface area contributed by atoms with E-state index in [1.165, 1.54) is 24.8 Å². The summed E-state index contributed by atoms with van der Waals surface area (Å²) in [6, 6.07) is 8.01. The van der Waals surface area contributed by atoms with Crippen LogP contribution in [0.2, 0.25) is 0 Å². The maximum Gasteiger partial charge on any atom is 0.148 e. The first-order valence-corrected chi connectivity index (χ1v) is 6.69. The molecule has 0 heterocycles. The lowest BCUT2D eigenvalue weighted by Crippen LogP contribution is -2.30. The Morgan fingerprint density at radius 3 is 2.71 bits per heavy atom. The molecule has 1 atom stereocenters. The monoisotopic (exact) mass is 235 g/mol. The Bertz CT molecular complexity index is 373. The molecule has 0 amide bonds. The summed E-state index contributed by atoms with van der Waals surface area (Å²) in [5, 5.41) is 0. The number of benzene rings is 1. The van der Waals surface area contributed by atoms with Crippen molar-refractivity contribution in [2.24, 2.45) is 5.73 Å². The maximum absolute atomic E-state index is 14.7. The molecule has 1 aliphatic carbocycles. The standard InChI is InChI=1S/C15H22FN/c1-2-9-15(16,11-17)14-8-4-7-13(10-14)12-5-3-6-12/h4,7-8,10,12H,2-3,5-6,9,11,17H2,1H3. The van der Waals surface area contributed by atoms with Gasteiger partial charge < -0.3 is 5.73 Å². The van der Waals surface area contributed by atoms with Crippen molar-refractivity contribution in [1.82, 2.24) is 0 Å². The van der Waals surface area contributed by atoms with Gasteiger partial charge in [0.25, 0.3) is 0 Å². The van der Waals surface area contributed by atoms with Crippen molar-refractivity contribution < 1.29 is 4.39 Å². The molecule has 1 aliphatic rings. The van der Waals surface area contributed by atoms with Gasteiger partial charge >= 0.3 is 0 Å². The molecule has 1 unspecified atom stereocenters. The summed E-state index contributed by atoms with van der Waals surface area (Å²) in [5.74, 6) is 0.651. The van der Waals surface area contributed by atoms with E-state index >= 15 is 0 Å². The van der Waals surface area contributed by atoms with Gasteiger partial charge in [0.15, 0.2) is 0 Å². The molecule has 0 radical (unpaired) electrons. The fraction of sp³-hybridized carbons (Fsp3) is 0.600. The van der Waals surface area contributed by atoms with Gasteiger partial charge in [-0.3, -0.25) is 0 Å². The molecular formula is C15H22FN. The third-order valence-electron chi connectivity index (χ3n) is 3.95. The van der Waals surface area contributed by atoms with Crippen molar-refractivity contribution >= 4 is 0 Å². The number of hydrogen-bond donors (Lipinski definition) is 1. The first-order valence-electron chi connectivity index (χ1n) is 6.69. The minimum Gasteiger partial charge on any atom is -0.327 e. The van der Waals surface area contributed by atoms with Gasteiger partial charge in [0.05, 0.1) is 0 Å². The summed E-state index contributed by atoms with van der Waals surface area (Å²) in [5.41, 5.74) is 6.35. The average Bonchev–Trinajstić information content (AvgIpc) is 2.27. The van der Waals surface area contributed by atoms with E-state index in [-0.39, 0.29) is 6.54 Å². The summed E-state index contributed by atoms with van der Waals surface area (Å²) < 4.78 is 14.7. The zero-order valence-electron chi connectivity index (χ0n) is 10.6. The van der Waals surface area contributed by atoms with Gasteiger partial charge in [-0.05, 0) is 36.3 Å². The molecule has 0 aromatic heterocycles. The van der Waals surface area contributed by atoms with Gasteiger partial charge in [0, 0.05) is 6.54 Å². The smallest absolute Gasteiger partial charge is 0.148 e. The fourth-order valence-corrected chi connectivity index (χ4v) is 2.57. The summed E-state index contributed by atoms with van der Waals surface area (Å²) in [6.07, 6.45) is 5.14. The van der Waals surface area contributed by atoms with E-state index in [4.69, 9.17) is 5.73 Å². The van der Waals surface area contributed by atoms with Crippen LogP contribution in [-0.4, -0.2) is 6.54 Å². The molecule has 2 rings (SSSR count). The molecule has 1 aromatic rings. The Balaban J connectivity index is 2.24. The van der Waals surface area contributed by atoms with Crippen molar-refractivity contribution in [3.05, 3.63) is 35.4 Å². The minimum atomic E-state index is -1.34. The van der Waals surface area contributed by atoms with Crippen molar-refractivity contribution in [2.45, 2.75) is 50.6 Å². The number of halogens is 1. The van der Waals surface area contributed by atoms with E-state index in [1.54, 1.807) is 0 Å². The van der Waals surface area contributed by atoms with Crippen molar-refractivity contribution in [3.8, 4) is 0 Å². The Kier molecular flexibility index (Phi) is 3.82. The second kappa shape index (κ2) is 5.18. The van der Waals surface area contributed by atoms with E-state index in [0.717, 1.165) is 12.0 Å². The maximum atomic E-state index is 14.7. The average molecular weight is 235 g/mol. The highest BCUT2D eigenvalue weighted by Crippen LogP contribution is 2.38. The summed E-state index contributed by atoms with van der Waals surface area (Å²) in [4.78, 5) is 0. The predicted molar refractivity (Wildman–Crippen MR) is 69.8 cm³/mol. The van der Waals surface area contributed by atoms with Gasteiger partial charge in [-0.15, -0.1) is 0 Å². The largest absolute Gasteiger partial charge is 0.327 e. The second-order valence-electron chi connectivity index (χ2n) is 5.17. The van der Waals surface area contributed by atoms with E-state index in [2.05, 4.69) is 6.07 Å². The Hall–Kier alpha value is -0.890. The molecule has 0 spiro atoms. The molecule has 1 saturated carbocycles. The summed E-state index contributed by atoms with van der Waals surface area (Å²) in [7, 11) is 0. The highest BCUT2D eigenvalue weighted by atomic mass is 19.1. The predicted octanol–water partition coefficient (Wildman–Crippen LogP) is 3.88. The fourth-order valence-electron chi connectivity index (χ4n) is 2.57. The van der Waals surface area contributed by atoms with Crippen LogP contribution in [0.5, 0.6) is 0 Å². The highest BCUT2D eigenvalue weighted by molar-refractivity contribution is 5.31. The Morgan fingerprint density at radius 2 is 2.18 bits per heavy atom. The summed E-state index contributed by atoms with van der Waals surface area (Å²) >= 11 is 0. The number of rotatable bonds is 5. The van der Waals surface area contributed by atoms with Crippen LogP contribution in [0.3, 0.4) is 0 Å². The lowest BCUT2D eigenvalue weighted by atomic mass is 9.78. The van der Waals surface area contributed by atoms with Gasteiger partial charge in [-0.2, -0.15) is 0 Å². The van der Waals surface area contributed by atoms with Crippen LogP contribution in [-0.2, 0) is 5.67 Å². The first-order chi connectivity index (χ1) is 8.19. The minimum absolute atomic E-state index is 0.0783. The zero-order chi connectivity index (χ0) is 12.3. The normalized spacial score (nSPS) is 19.7. The summed E-state index contributed by atoms with van der Waals surface area (Å²) in [6.45, 7) is 2.08. The molecule has 1 nitrogen and oxygen atoms in total. The van der Waals surface area contributed by atoms with Gasteiger partial charge in [0.2, 0.25) is 0 Å². The third kappa shape index (κ3) is 2.52. The molecule has 94 valence electrons. The molecule has 1 aromatic carbocycles. The van der Waals surface area contributed by atoms with Gasteiger partial charge in [0.1, 0.15) is 5.67 Å². The lowest BCUT2D eigenvalue weighted by Gasteiger charge is -2.29. The topological polar surface area (TPSA) is 26.0 Å². The van der Waals surface area contributed by atoms with Gasteiger partial charge in [-0.1, -0.05) is 44.0 Å². The van der Waals surface area contributed by atoms with Crippen LogP contribution in [0.4, 0.5) is 4.39 Å². The Morgan fingerprint density at radius 1 is 1.41 bits per heavy atom. The first kappa shape index (κ1) is 12.6. The van der Waals surface area contributed by atoms with Crippen LogP contribution in [0, 0.1) is 0 Å². The SMILES string of the molecule is CCCC(F)(CN)c1cccc(C2CCC2)c1. The molecule has 17 heavy (non-hydrogen) atoms. The molecule has 0 bridgehead atoms. The third-order valence-corrected chi connectivity index (χ3v) is 3.95.